The Morgan fingerprint density at radius 1 is 0.788 bits per heavy atom. The van der Waals surface area contributed by atoms with Crippen molar-refractivity contribution in [2.75, 3.05) is 19.8 Å². The average Bonchev–Trinajstić information content (AvgIpc) is 3.27. The molecule has 14 unspecified atom stereocenters. The van der Waals surface area contributed by atoms with Crippen LogP contribution in [0.15, 0.2) is 11.6 Å². The Balaban J connectivity index is 1.07. The van der Waals surface area contributed by atoms with Gasteiger partial charge in [0.25, 0.3) is 0 Å². The molecule has 7 fully saturated rings. The Kier molecular flexibility index (Phi) is 14.1. The first kappa shape index (κ1) is 50.5. The number of hydrogen-bond acceptors (Lipinski definition) is 17. The van der Waals surface area contributed by atoms with Gasteiger partial charge in [-0.3, -0.25) is 9.59 Å². The quantitative estimate of drug-likeness (QED) is 0.111. The lowest BCUT2D eigenvalue weighted by Gasteiger charge is -2.70. The molecule has 11 N–H and O–H groups in total. The Morgan fingerprint density at radius 3 is 2.17 bits per heavy atom. The molecule has 4 saturated carbocycles. The second-order valence-corrected chi connectivity index (χ2v) is 23.0. The minimum absolute atomic E-state index is 0.0472. The summed E-state index contributed by atoms with van der Waals surface area (Å²) < 4.78 is 36.1. The van der Waals surface area contributed by atoms with Crippen molar-refractivity contribution in [3.8, 4) is 0 Å². The van der Waals surface area contributed by atoms with Crippen LogP contribution in [0.3, 0.4) is 0 Å². The van der Waals surface area contributed by atoms with Gasteiger partial charge in [-0.25, -0.2) is 0 Å². The van der Waals surface area contributed by atoms with Crippen molar-refractivity contribution >= 4 is 11.9 Å². The normalized spacial score (nSPS) is 52.4. The fraction of sp³-hybridized carbons (Fsp3) is 0.917. The number of nitrogens with two attached hydrogens (primary N) is 1. The van der Waals surface area contributed by atoms with Crippen LogP contribution in [0.1, 0.15) is 113 Å². The lowest BCUT2D eigenvalue weighted by molar-refractivity contribution is -0.369. The highest BCUT2D eigenvalue weighted by atomic mass is 16.8. The number of carbonyl (C=O) groups excluding carboxylic acids is 2. The number of hydrogen-bond donors (Lipinski definition) is 10. The van der Waals surface area contributed by atoms with E-state index in [0.717, 1.165) is 51.4 Å². The number of amides is 1. The molecular formula is C48H78N2O16. The summed E-state index contributed by atoms with van der Waals surface area (Å²) in [5, 5.41) is 89.5. The molecule has 0 aromatic rings. The van der Waals surface area contributed by atoms with Crippen LogP contribution in [0.25, 0.3) is 0 Å². The van der Waals surface area contributed by atoms with Gasteiger partial charge in [-0.15, -0.1) is 0 Å². The second-order valence-electron chi connectivity index (χ2n) is 23.0. The average molecular weight is 939 g/mol. The van der Waals surface area contributed by atoms with Crippen LogP contribution in [0.2, 0.25) is 0 Å². The predicted molar refractivity (Wildman–Crippen MR) is 233 cm³/mol. The van der Waals surface area contributed by atoms with Gasteiger partial charge in [-0.1, -0.05) is 53.2 Å². The fourth-order valence-electron chi connectivity index (χ4n) is 14.7. The maximum Gasteiger partial charge on any atom is 0.315 e. The van der Waals surface area contributed by atoms with E-state index in [1.807, 2.05) is 0 Å². The molecule has 0 bridgehead atoms. The predicted octanol–water partition coefficient (Wildman–Crippen LogP) is 0.500. The lowest BCUT2D eigenvalue weighted by Crippen LogP contribution is -2.68. The standard InChI is InChI=1S/C48H78N2O16/c1-22-24-10-13-47(7)30(45(24,5)12-11-27(22)52)9-8-25-26-18-44(3,4)14-16-48(26,17-15-46(25,47)6)43(60)66-42-39(34(56)32(29(20-51)63-42)50-31(54)19-49)65-41-37(59)35(57)38(23(2)62-41)64-40-36(58)33(55)28(53)21-61-40/h8,22-24,26-30,32-42,51-53,55-59H,9-21,49H2,1-7H3,(H,50,54)/t22?,23-,24+,26?,27+,28?,29+,30?,32?,33?,34?,35?,36?,37?,38?,39?,40+,41+,42+,45?,46-,47+,48?/m1/s1. The molecule has 66 heavy (non-hydrogen) atoms. The number of allylic oxidation sites excluding steroid dienone is 2. The van der Waals surface area contributed by atoms with Gasteiger partial charge in [0.2, 0.25) is 12.2 Å². The Labute approximate surface area is 387 Å². The van der Waals surface area contributed by atoms with Crippen LogP contribution in [-0.4, -0.2) is 165 Å². The van der Waals surface area contributed by atoms with Gasteiger partial charge >= 0.3 is 5.97 Å². The molecule has 5 aliphatic carbocycles. The van der Waals surface area contributed by atoms with Gasteiger partial charge in [0.15, 0.2) is 18.7 Å². The molecule has 3 heterocycles. The van der Waals surface area contributed by atoms with Crippen LogP contribution in [0.4, 0.5) is 0 Å². The van der Waals surface area contributed by atoms with E-state index >= 15 is 4.79 Å². The van der Waals surface area contributed by atoms with E-state index < -0.39 is 116 Å². The van der Waals surface area contributed by atoms with Gasteiger partial charge in [-0.05, 0) is 116 Å². The third-order valence-corrected chi connectivity index (χ3v) is 19.0. The zero-order valence-corrected chi connectivity index (χ0v) is 39.7. The molecule has 1 amide bonds. The number of aliphatic hydroxyl groups is 8. The number of fused-ring (bicyclic) bond motifs is 7. The summed E-state index contributed by atoms with van der Waals surface area (Å²) in [7, 11) is 0. The molecule has 0 aromatic heterocycles. The zero-order valence-electron chi connectivity index (χ0n) is 39.7. The van der Waals surface area contributed by atoms with Crippen molar-refractivity contribution in [3.05, 3.63) is 11.6 Å². The number of rotatable bonds is 9. The van der Waals surface area contributed by atoms with E-state index in [4.69, 9.17) is 34.2 Å². The van der Waals surface area contributed by atoms with Crippen molar-refractivity contribution < 1.29 is 78.9 Å². The minimum atomic E-state index is -1.87. The minimum Gasteiger partial charge on any atom is -0.432 e. The molecule has 18 nitrogen and oxygen atoms in total. The van der Waals surface area contributed by atoms with Crippen molar-refractivity contribution in [1.29, 1.82) is 0 Å². The number of esters is 1. The third-order valence-electron chi connectivity index (χ3n) is 19.0. The number of aliphatic hydroxyl groups excluding tert-OH is 8. The SMILES string of the molecule is CC1[C@@H](O)CCC2(C)C3CC=C4C5CC(C)(C)CCC5(C(=O)O[C@@H]5O[C@@H](CO)C(NC(=O)CN)C(O)C5O[C@@H]5O[C@H](C)C(O[C@@H]6OCC(O)C(O)C6O)C(O)C5O)CC[C@@]4(C)[C@@]3(C)CC[C@@H]12. The summed E-state index contributed by atoms with van der Waals surface area (Å²) in [6.45, 7) is 14.0. The van der Waals surface area contributed by atoms with E-state index in [-0.39, 0.29) is 46.2 Å². The van der Waals surface area contributed by atoms with Crippen molar-refractivity contribution in [2.45, 2.75) is 205 Å². The van der Waals surface area contributed by atoms with Crippen molar-refractivity contribution in [2.24, 2.45) is 56.5 Å². The van der Waals surface area contributed by atoms with Gasteiger partial charge in [-0.2, -0.15) is 0 Å². The smallest absolute Gasteiger partial charge is 0.315 e. The highest BCUT2D eigenvalue weighted by Crippen LogP contribution is 2.75. The topological polar surface area (TPSA) is 289 Å². The fourth-order valence-corrected chi connectivity index (χ4v) is 14.7. The zero-order chi connectivity index (χ0) is 48.1. The lowest BCUT2D eigenvalue weighted by atomic mass is 9.34. The maximum absolute atomic E-state index is 15.4. The van der Waals surface area contributed by atoms with E-state index in [0.29, 0.717) is 24.7 Å². The highest BCUT2D eigenvalue weighted by Gasteiger charge is 2.69. The molecule has 23 atom stereocenters. The summed E-state index contributed by atoms with van der Waals surface area (Å²) >= 11 is 0. The van der Waals surface area contributed by atoms with Crippen LogP contribution in [-0.2, 0) is 38.0 Å². The Morgan fingerprint density at radius 2 is 1.47 bits per heavy atom. The summed E-state index contributed by atoms with van der Waals surface area (Å²) in [6, 6.07) is -1.32. The van der Waals surface area contributed by atoms with E-state index in [1.165, 1.54) is 12.5 Å². The second kappa shape index (κ2) is 18.4. The summed E-state index contributed by atoms with van der Waals surface area (Å²) in [5.74, 6) is -0.300. The Hall–Kier alpha value is -1.88. The molecular weight excluding hydrogens is 861 g/mol. The molecule has 0 spiro atoms. The number of carbonyl (C=O) groups is 2. The largest absolute Gasteiger partial charge is 0.432 e. The molecule has 8 rings (SSSR count). The number of nitrogens with one attached hydrogen (secondary N) is 1. The summed E-state index contributed by atoms with van der Waals surface area (Å²) in [4.78, 5) is 28.0. The molecule has 3 saturated heterocycles. The van der Waals surface area contributed by atoms with Gasteiger partial charge in [0.1, 0.15) is 48.8 Å². The van der Waals surface area contributed by atoms with E-state index in [1.54, 1.807) is 0 Å². The van der Waals surface area contributed by atoms with Crippen LogP contribution >= 0.6 is 0 Å². The Bertz CT molecular complexity index is 1820. The molecule has 376 valence electrons. The molecule has 0 aromatic carbocycles. The van der Waals surface area contributed by atoms with Crippen LogP contribution in [0, 0.1) is 50.7 Å². The van der Waals surface area contributed by atoms with E-state index in [2.05, 4.69) is 52.9 Å². The first-order chi connectivity index (χ1) is 31.0. The maximum atomic E-state index is 15.4. The van der Waals surface area contributed by atoms with Crippen LogP contribution in [0.5, 0.6) is 0 Å². The monoisotopic (exact) mass is 939 g/mol. The molecule has 8 aliphatic rings. The first-order valence-electron chi connectivity index (χ1n) is 24.5. The summed E-state index contributed by atoms with van der Waals surface area (Å²) in [5.41, 5.74) is 5.67. The van der Waals surface area contributed by atoms with E-state index in [9.17, 15) is 45.6 Å². The summed E-state index contributed by atoms with van der Waals surface area (Å²) in [6.07, 6.45) is -9.99. The van der Waals surface area contributed by atoms with Gasteiger partial charge < -0.3 is 80.3 Å². The third kappa shape index (κ3) is 8.21. The highest BCUT2D eigenvalue weighted by molar-refractivity contribution is 5.79. The van der Waals surface area contributed by atoms with Crippen molar-refractivity contribution in [1.82, 2.24) is 5.32 Å². The molecule has 0 radical (unpaired) electrons. The van der Waals surface area contributed by atoms with Gasteiger partial charge in [0.05, 0.1) is 43.4 Å². The van der Waals surface area contributed by atoms with Crippen molar-refractivity contribution in [3.63, 3.8) is 0 Å². The molecule has 3 aliphatic heterocycles. The van der Waals surface area contributed by atoms with Crippen LogP contribution < -0.4 is 11.1 Å². The first-order valence-corrected chi connectivity index (χ1v) is 24.5. The van der Waals surface area contributed by atoms with Gasteiger partial charge in [0, 0.05) is 0 Å². The molecule has 18 heteroatoms. The number of ether oxygens (including phenoxy) is 6.